The molecule has 0 fully saturated rings. The van der Waals surface area contributed by atoms with E-state index in [0.717, 1.165) is 21.4 Å². The Morgan fingerprint density at radius 2 is 0.647 bits per heavy atom. The van der Waals surface area contributed by atoms with Crippen LogP contribution in [0.5, 0.6) is 0 Å². The van der Waals surface area contributed by atoms with Crippen molar-refractivity contribution in [1.82, 2.24) is 0 Å². The summed E-state index contributed by atoms with van der Waals surface area (Å²) in [5.41, 5.74) is 5.75. The number of nitrogens with zero attached hydrogens (tertiary/aromatic N) is 5. The van der Waals surface area contributed by atoms with Crippen LogP contribution in [0.1, 0.15) is 0 Å². The van der Waals surface area contributed by atoms with Crippen LogP contribution in [0, 0.1) is 45.4 Å². The van der Waals surface area contributed by atoms with Gasteiger partial charge in [-0.15, -0.1) is 21.4 Å². The Balaban J connectivity index is -0.00000000957. The molecule has 0 saturated carbocycles. The SMILES string of the molecule is O.O=N[O-].O=N[O-].O=N[O-].O=N[O-].[K+].[N-]=O.[Ru+]. The zero-order valence-corrected chi connectivity index (χ0v) is 12.6. The van der Waals surface area contributed by atoms with Gasteiger partial charge in [-0.1, -0.05) is 0 Å². The van der Waals surface area contributed by atoms with Crippen molar-refractivity contribution in [3.63, 3.8) is 0 Å². The van der Waals surface area contributed by atoms with Crippen molar-refractivity contribution in [2.24, 2.45) is 21.4 Å². The molecule has 17 heavy (non-hydrogen) atoms. The second-order valence-corrected chi connectivity index (χ2v) is 0.298. The zero-order valence-electron chi connectivity index (χ0n) is 7.76. The van der Waals surface area contributed by atoms with E-state index in [-0.39, 0.29) is 76.3 Å². The van der Waals surface area contributed by atoms with E-state index in [4.69, 9.17) is 51.0 Å². The average Bonchev–Trinajstić information content (AvgIpc) is 2.12. The van der Waals surface area contributed by atoms with Crippen LogP contribution in [-0.2, 0) is 19.5 Å². The topological polar surface area (TPSA) is 281 Å². The summed E-state index contributed by atoms with van der Waals surface area (Å²) in [5, 5.41) is 36.0. The van der Waals surface area contributed by atoms with Gasteiger partial charge in [0, 0.05) is 0 Å². The number of nitroso groups, excluding NO2 is 1. The van der Waals surface area contributed by atoms with Crippen LogP contribution in [0.15, 0.2) is 21.4 Å². The fourth-order valence-corrected chi connectivity index (χ4v) is 0. The van der Waals surface area contributed by atoms with Gasteiger partial charge in [0.1, 0.15) is 0 Å². The van der Waals surface area contributed by atoms with Crippen LogP contribution in [0.25, 0.3) is 5.59 Å². The van der Waals surface area contributed by atoms with Crippen molar-refractivity contribution >= 4 is 0 Å². The minimum atomic E-state index is 0. The summed E-state index contributed by atoms with van der Waals surface area (Å²) >= 11 is 0. The summed E-state index contributed by atoms with van der Waals surface area (Å²) in [7, 11) is 0. The third-order valence-corrected chi connectivity index (χ3v) is 0. The van der Waals surface area contributed by atoms with Crippen molar-refractivity contribution in [3.8, 4) is 0 Å². The molecule has 0 aromatic heterocycles. The van der Waals surface area contributed by atoms with E-state index in [1.54, 1.807) is 0 Å². The van der Waals surface area contributed by atoms with E-state index >= 15 is 0 Å². The van der Waals surface area contributed by atoms with E-state index in [0.29, 0.717) is 0 Å². The first-order valence-electron chi connectivity index (χ1n) is 1.64. The second-order valence-electron chi connectivity index (χ2n) is 0.298. The van der Waals surface area contributed by atoms with Crippen molar-refractivity contribution in [3.05, 3.63) is 51.0 Å². The molecule has 0 rings (SSSR count). The molecule has 0 heterocycles. The average molecular weight is 372 g/mol. The first-order chi connectivity index (χ1) is 6.66. The summed E-state index contributed by atoms with van der Waals surface area (Å²) in [4.78, 5) is 39.2. The third-order valence-electron chi connectivity index (χ3n) is 0. The number of rotatable bonds is 0. The summed E-state index contributed by atoms with van der Waals surface area (Å²) in [6.07, 6.45) is 0. The van der Waals surface area contributed by atoms with Gasteiger partial charge in [0.05, 0.1) is 0 Å². The first-order valence-corrected chi connectivity index (χ1v) is 1.64. The molecule has 0 aliphatic rings. The van der Waals surface area contributed by atoms with Gasteiger partial charge >= 0.3 is 70.9 Å². The molecule has 0 aromatic carbocycles. The van der Waals surface area contributed by atoms with E-state index in [1.165, 1.54) is 0 Å². The molecule has 0 saturated heterocycles. The molecular formula is H2KN5O10Ru-3. The molecular weight excluding hydrogens is 370 g/mol. The van der Waals surface area contributed by atoms with E-state index in [1.807, 2.05) is 0 Å². The van der Waals surface area contributed by atoms with Crippen LogP contribution in [0.2, 0.25) is 0 Å². The van der Waals surface area contributed by atoms with Gasteiger partial charge in [-0.3, -0.25) is 0 Å². The molecule has 0 aliphatic carbocycles. The fraction of sp³-hybridized carbons (Fsp3) is 0. The molecule has 99 valence electrons. The van der Waals surface area contributed by atoms with Crippen LogP contribution >= 0.6 is 0 Å². The van der Waals surface area contributed by atoms with Crippen molar-refractivity contribution in [2.75, 3.05) is 0 Å². The van der Waals surface area contributed by atoms with Crippen molar-refractivity contribution in [2.45, 2.75) is 0 Å². The van der Waals surface area contributed by atoms with Crippen molar-refractivity contribution < 1.29 is 76.3 Å². The number of hydrogen-bond donors (Lipinski definition) is 0. The molecule has 2 N–H and O–H groups in total. The van der Waals surface area contributed by atoms with E-state index in [9.17, 15) is 0 Å². The maximum absolute atomic E-state index is 8.00. The predicted octanol–water partition coefficient (Wildman–Crippen LogP) is -2.50. The van der Waals surface area contributed by atoms with Gasteiger partial charge in [-0.25, -0.2) is 0 Å². The van der Waals surface area contributed by atoms with Crippen LogP contribution in [0.4, 0.5) is 0 Å². The molecule has 0 spiro atoms. The van der Waals surface area contributed by atoms with Gasteiger partial charge in [0.2, 0.25) is 0 Å². The predicted molar refractivity (Wildman–Crippen MR) is 47.0 cm³/mol. The maximum Gasteiger partial charge on any atom is 1.00 e. The molecule has 0 bridgehead atoms. The maximum atomic E-state index is 8.00. The molecule has 17 heteroatoms. The van der Waals surface area contributed by atoms with Crippen LogP contribution in [-0.4, -0.2) is 5.48 Å². The molecule has 0 amide bonds. The minimum Gasteiger partial charge on any atom is -0.577 e. The first kappa shape index (κ1) is 55.1. The van der Waals surface area contributed by atoms with Gasteiger partial charge in [-0.05, 0) is 0 Å². The van der Waals surface area contributed by atoms with Gasteiger partial charge in [0.25, 0.3) is 0 Å². The van der Waals surface area contributed by atoms with Gasteiger partial charge in [-0.2, -0.15) is 0 Å². The third kappa shape index (κ3) is 8250. The normalized spacial score (nSPS) is 3.06. The molecule has 1 radical (unpaired) electrons. The smallest absolute Gasteiger partial charge is 0.577 e. The quantitative estimate of drug-likeness (QED) is 0.246. The van der Waals surface area contributed by atoms with E-state index < -0.39 is 0 Å². The monoisotopic (exact) mass is 373 g/mol. The molecule has 0 aromatic rings. The largest absolute Gasteiger partial charge is 1.00 e. The Hall–Kier alpha value is -0.580. The standard InChI is InChI=1S/K.4HNO2.NO.H2O.Ru/c;4*2-1-3;1-2;;/h;4*(H,2,3);;1H2;/q+1;;;;;-1;;+1/p-4. The summed E-state index contributed by atoms with van der Waals surface area (Å²) < 4.78 is 0. The Bertz CT molecular complexity index is 88.9. The molecule has 0 unspecified atom stereocenters. The number of hydrogen-bond acceptors (Lipinski definition) is 13. The Morgan fingerprint density at radius 1 is 0.647 bits per heavy atom. The van der Waals surface area contributed by atoms with Gasteiger partial charge in [0.15, 0.2) is 0 Å². The van der Waals surface area contributed by atoms with Gasteiger partial charge < -0.3 is 56.4 Å². The van der Waals surface area contributed by atoms with Crippen molar-refractivity contribution in [1.29, 1.82) is 0 Å². The second kappa shape index (κ2) is 274. The molecule has 15 nitrogen and oxygen atoms in total. The Morgan fingerprint density at radius 3 is 0.647 bits per heavy atom. The molecule has 0 atom stereocenters. The Labute approximate surface area is 147 Å². The summed E-state index contributed by atoms with van der Waals surface area (Å²) in [6, 6.07) is 0. The zero-order chi connectivity index (χ0) is 12.8. The summed E-state index contributed by atoms with van der Waals surface area (Å²) in [5.74, 6) is 0. The minimum absolute atomic E-state index is 0. The van der Waals surface area contributed by atoms with E-state index in [2.05, 4.69) is 0 Å². The fourth-order valence-electron chi connectivity index (χ4n) is 0. The summed E-state index contributed by atoms with van der Waals surface area (Å²) in [6.45, 7) is 0. The van der Waals surface area contributed by atoms with Crippen LogP contribution < -0.4 is 51.4 Å². The van der Waals surface area contributed by atoms with Crippen LogP contribution in [0.3, 0.4) is 0 Å². The molecule has 0 aliphatic heterocycles. The Kier molecular flexibility index (Phi) is 888.